The standard InChI is InChI=1S/C11H21NO2S/c1-4-14-11(13)9(2)7-12-5-6-15-8-10(12)3/h9-10H,4-8H2,1-3H3. The van der Waals surface area contributed by atoms with Gasteiger partial charge >= 0.3 is 5.97 Å². The smallest absolute Gasteiger partial charge is 0.309 e. The van der Waals surface area contributed by atoms with Gasteiger partial charge in [-0.2, -0.15) is 11.8 Å². The van der Waals surface area contributed by atoms with Crippen LogP contribution in [0.3, 0.4) is 0 Å². The molecule has 0 aliphatic carbocycles. The van der Waals surface area contributed by atoms with Crippen molar-refractivity contribution in [1.29, 1.82) is 0 Å². The molecule has 0 amide bonds. The summed E-state index contributed by atoms with van der Waals surface area (Å²) in [5, 5.41) is 0. The monoisotopic (exact) mass is 231 g/mol. The molecule has 0 aromatic heterocycles. The van der Waals surface area contributed by atoms with Crippen LogP contribution in [-0.2, 0) is 9.53 Å². The Morgan fingerprint density at radius 3 is 3.00 bits per heavy atom. The van der Waals surface area contributed by atoms with Crippen molar-refractivity contribution in [2.45, 2.75) is 26.8 Å². The molecule has 15 heavy (non-hydrogen) atoms. The molecule has 0 aromatic rings. The lowest BCUT2D eigenvalue weighted by molar-refractivity contribution is -0.148. The van der Waals surface area contributed by atoms with Gasteiger partial charge in [0.15, 0.2) is 0 Å². The van der Waals surface area contributed by atoms with E-state index in [1.165, 1.54) is 11.5 Å². The van der Waals surface area contributed by atoms with Gasteiger partial charge in [0.25, 0.3) is 0 Å². The van der Waals surface area contributed by atoms with Crippen LogP contribution in [0.4, 0.5) is 0 Å². The van der Waals surface area contributed by atoms with E-state index in [1.807, 2.05) is 25.6 Å². The van der Waals surface area contributed by atoms with Gasteiger partial charge < -0.3 is 4.74 Å². The number of ether oxygens (including phenoxy) is 1. The number of thioether (sulfide) groups is 1. The summed E-state index contributed by atoms with van der Waals surface area (Å²) in [6.45, 7) is 8.44. The van der Waals surface area contributed by atoms with Crippen LogP contribution >= 0.6 is 11.8 Å². The van der Waals surface area contributed by atoms with E-state index in [0.717, 1.165) is 13.1 Å². The second-order valence-electron chi connectivity index (χ2n) is 4.07. The second-order valence-corrected chi connectivity index (χ2v) is 5.22. The molecule has 4 heteroatoms. The molecule has 1 rings (SSSR count). The summed E-state index contributed by atoms with van der Waals surface area (Å²) in [7, 11) is 0. The molecule has 0 spiro atoms. The molecule has 2 unspecified atom stereocenters. The Morgan fingerprint density at radius 1 is 1.67 bits per heavy atom. The zero-order chi connectivity index (χ0) is 11.3. The van der Waals surface area contributed by atoms with Crippen molar-refractivity contribution in [1.82, 2.24) is 4.90 Å². The van der Waals surface area contributed by atoms with E-state index in [9.17, 15) is 4.79 Å². The Hall–Kier alpha value is -0.220. The zero-order valence-corrected chi connectivity index (χ0v) is 10.7. The maximum atomic E-state index is 11.5. The fourth-order valence-electron chi connectivity index (χ4n) is 1.74. The quantitative estimate of drug-likeness (QED) is 0.688. The average Bonchev–Trinajstić information content (AvgIpc) is 2.21. The zero-order valence-electron chi connectivity index (χ0n) is 9.86. The molecule has 0 aromatic carbocycles. The molecule has 1 aliphatic rings. The second kappa shape index (κ2) is 6.38. The minimum atomic E-state index is -0.0667. The highest BCUT2D eigenvalue weighted by molar-refractivity contribution is 7.99. The van der Waals surface area contributed by atoms with E-state index < -0.39 is 0 Å². The summed E-state index contributed by atoms with van der Waals surface area (Å²) in [5.74, 6) is 2.29. The molecule has 0 N–H and O–H groups in total. The van der Waals surface area contributed by atoms with E-state index in [1.54, 1.807) is 0 Å². The number of esters is 1. The molecule has 0 radical (unpaired) electrons. The fraction of sp³-hybridized carbons (Fsp3) is 0.909. The van der Waals surface area contributed by atoms with Crippen LogP contribution in [0.2, 0.25) is 0 Å². The lowest BCUT2D eigenvalue weighted by Gasteiger charge is -2.34. The van der Waals surface area contributed by atoms with Gasteiger partial charge in [0.2, 0.25) is 0 Å². The van der Waals surface area contributed by atoms with Crippen molar-refractivity contribution in [3.8, 4) is 0 Å². The van der Waals surface area contributed by atoms with Crippen molar-refractivity contribution in [2.75, 3.05) is 31.2 Å². The number of hydrogen-bond acceptors (Lipinski definition) is 4. The van der Waals surface area contributed by atoms with Crippen LogP contribution in [0.25, 0.3) is 0 Å². The van der Waals surface area contributed by atoms with Crippen LogP contribution in [-0.4, -0.2) is 48.1 Å². The van der Waals surface area contributed by atoms with Gasteiger partial charge in [-0.1, -0.05) is 6.92 Å². The van der Waals surface area contributed by atoms with Crippen molar-refractivity contribution < 1.29 is 9.53 Å². The number of rotatable bonds is 4. The van der Waals surface area contributed by atoms with Gasteiger partial charge in [0.05, 0.1) is 12.5 Å². The maximum Gasteiger partial charge on any atom is 0.309 e. The van der Waals surface area contributed by atoms with Gasteiger partial charge in [-0.05, 0) is 13.8 Å². The van der Waals surface area contributed by atoms with Crippen molar-refractivity contribution in [3.63, 3.8) is 0 Å². The third kappa shape index (κ3) is 4.03. The summed E-state index contributed by atoms with van der Waals surface area (Å²) in [6.07, 6.45) is 0. The first kappa shape index (κ1) is 12.8. The third-order valence-electron chi connectivity index (χ3n) is 2.70. The highest BCUT2D eigenvalue weighted by Crippen LogP contribution is 2.17. The predicted molar refractivity (Wildman–Crippen MR) is 64.2 cm³/mol. The summed E-state index contributed by atoms with van der Waals surface area (Å²) in [5.41, 5.74) is 0. The maximum absolute atomic E-state index is 11.5. The van der Waals surface area contributed by atoms with Gasteiger partial charge in [-0.3, -0.25) is 9.69 Å². The molecule has 0 bridgehead atoms. The van der Waals surface area contributed by atoms with E-state index in [0.29, 0.717) is 12.6 Å². The SMILES string of the molecule is CCOC(=O)C(C)CN1CCSCC1C. The van der Waals surface area contributed by atoms with Crippen LogP contribution in [0.5, 0.6) is 0 Å². The lowest BCUT2D eigenvalue weighted by atomic mass is 10.1. The third-order valence-corrected chi connectivity index (χ3v) is 3.89. The molecular weight excluding hydrogens is 210 g/mol. The Labute approximate surface area is 96.5 Å². The number of carbonyl (C=O) groups excluding carboxylic acids is 1. The summed E-state index contributed by atoms with van der Waals surface area (Å²) < 4.78 is 5.01. The van der Waals surface area contributed by atoms with E-state index in [-0.39, 0.29) is 11.9 Å². The molecule has 1 saturated heterocycles. The highest BCUT2D eigenvalue weighted by Gasteiger charge is 2.23. The summed E-state index contributed by atoms with van der Waals surface area (Å²) in [4.78, 5) is 13.9. The minimum absolute atomic E-state index is 0.00417. The van der Waals surface area contributed by atoms with E-state index >= 15 is 0 Å². The number of carbonyl (C=O) groups is 1. The predicted octanol–water partition coefficient (Wildman–Crippen LogP) is 1.62. The first-order valence-electron chi connectivity index (χ1n) is 5.63. The minimum Gasteiger partial charge on any atom is -0.466 e. The van der Waals surface area contributed by atoms with Gasteiger partial charge in [0.1, 0.15) is 0 Å². The van der Waals surface area contributed by atoms with E-state index in [2.05, 4.69) is 11.8 Å². The van der Waals surface area contributed by atoms with E-state index in [4.69, 9.17) is 4.74 Å². The Bertz CT molecular complexity index is 211. The molecule has 2 atom stereocenters. The molecular formula is C11H21NO2S. The normalized spacial score (nSPS) is 24.9. The summed E-state index contributed by atoms with van der Waals surface area (Å²) in [6, 6.07) is 0.584. The van der Waals surface area contributed by atoms with Gasteiger partial charge in [-0.15, -0.1) is 0 Å². The van der Waals surface area contributed by atoms with Crippen molar-refractivity contribution in [2.24, 2.45) is 5.92 Å². The van der Waals surface area contributed by atoms with Gasteiger partial charge in [-0.25, -0.2) is 0 Å². The van der Waals surface area contributed by atoms with Crippen molar-refractivity contribution >= 4 is 17.7 Å². The highest BCUT2D eigenvalue weighted by atomic mass is 32.2. The fourth-order valence-corrected chi connectivity index (χ4v) is 2.83. The van der Waals surface area contributed by atoms with Crippen molar-refractivity contribution in [3.05, 3.63) is 0 Å². The Balaban J connectivity index is 2.35. The molecule has 1 heterocycles. The van der Waals surface area contributed by atoms with Gasteiger partial charge in [0, 0.05) is 30.6 Å². The molecule has 0 saturated carbocycles. The molecule has 1 aliphatic heterocycles. The van der Waals surface area contributed by atoms with Crippen LogP contribution in [0, 0.1) is 5.92 Å². The number of hydrogen-bond donors (Lipinski definition) is 0. The topological polar surface area (TPSA) is 29.5 Å². The van der Waals surface area contributed by atoms with Crippen LogP contribution in [0.15, 0.2) is 0 Å². The average molecular weight is 231 g/mol. The number of nitrogens with zero attached hydrogens (tertiary/aromatic N) is 1. The summed E-state index contributed by atoms with van der Waals surface area (Å²) >= 11 is 1.99. The largest absolute Gasteiger partial charge is 0.466 e. The lowest BCUT2D eigenvalue weighted by Crippen LogP contribution is -2.44. The molecule has 88 valence electrons. The molecule has 1 fully saturated rings. The van der Waals surface area contributed by atoms with Crippen LogP contribution < -0.4 is 0 Å². The van der Waals surface area contributed by atoms with Crippen LogP contribution in [0.1, 0.15) is 20.8 Å². The first-order chi connectivity index (χ1) is 7.15. The first-order valence-corrected chi connectivity index (χ1v) is 6.79. The Morgan fingerprint density at radius 2 is 2.40 bits per heavy atom. The molecule has 3 nitrogen and oxygen atoms in total. The Kier molecular flexibility index (Phi) is 5.47.